The molecule has 0 aliphatic carbocycles. The molecule has 3 aliphatic rings. The van der Waals surface area contributed by atoms with Gasteiger partial charge in [0.25, 0.3) is 0 Å². The quantitative estimate of drug-likeness (QED) is 0.738. The highest BCUT2D eigenvalue weighted by Crippen LogP contribution is 2.33. The molecule has 0 N–H and O–H groups in total. The summed E-state index contributed by atoms with van der Waals surface area (Å²) < 4.78 is 16.0. The summed E-state index contributed by atoms with van der Waals surface area (Å²) in [4.78, 5) is 26.0. The number of para-hydroxylation sites is 1. The zero-order valence-electron chi connectivity index (χ0n) is 13.5. The third-order valence-corrected chi connectivity index (χ3v) is 5.25. The molecular formula is C18H21NO5. The number of carbonyl (C=O) groups excluding carboxylic acids is 2. The first-order chi connectivity index (χ1) is 11.7. The third kappa shape index (κ3) is 2.81. The van der Waals surface area contributed by atoms with Crippen LogP contribution in [-0.2, 0) is 20.7 Å². The van der Waals surface area contributed by atoms with Gasteiger partial charge in [-0.15, -0.1) is 0 Å². The Morgan fingerprint density at radius 1 is 1.17 bits per heavy atom. The summed E-state index contributed by atoms with van der Waals surface area (Å²) in [6, 6.07) is 7.92. The molecule has 1 aromatic carbocycles. The Balaban J connectivity index is 1.41. The molecular weight excluding hydrogens is 310 g/mol. The number of fused-ring (bicyclic) bond motifs is 1. The first-order valence-corrected chi connectivity index (χ1v) is 8.50. The molecule has 1 atom stereocenters. The van der Waals surface area contributed by atoms with E-state index in [0.29, 0.717) is 39.1 Å². The lowest BCUT2D eigenvalue weighted by atomic mass is 9.90. The van der Waals surface area contributed by atoms with Crippen LogP contribution in [0.3, 0.4) is 0 Å². The van der Waals surface area contributed by atoms with Gasteiger partial charge in [-0.1, -0.05) is 18.2 Å². The monoisotopic (exact) mass is 331 g/mol. The number of cyclic esters (lactones) is 1. The minimum atomic E-state index is -0.590. The molecule has 0 unspecified atom stereocenters. The first kappa shape index (κ1) is 15.3. The summed E-state index contributed by atoms with van der Waals surface area (Å²) in [5.74, 6) is 1.01. The maximum Gasteiger partial charge on any atom is 0.509 e. The van der Waals surface area contributed by atoms with Crippen molar-refractivity contribution in [1.29, 1.82) is 0 Å². The lowest BCUT2D eigenvalue weighted by Crippen LogP contribution is -2.49. The summed E-state index contributed by atoms with van der Waals surface area (Å²) in [5.41, 5.74) is 0.576. The normalized spacial score (nSPS) is 25.2. The zero-order chi connectivity index (χ0) is 16.6. The van der Waals surface area contributed by atoms with E-state index in [0.717, 1.165) is 24.2 Å². The van der Waals surface area contributed by atoms with Crippen LogP contribution in [0, 0.1) is 5.92 Å². The van der Waals surface area contributed by atoms with Gasteiger partial charge < -0.3 is 19.1 Å². The van der Waals surface area contributed by atoms with Crippen molar-refractivity contribution in [2.24, 2.45) is 5.92 Å². The number of nitrogens with zero attached hydrogens (tertiary/aromatic N) is 1. The third-order valence-electron chi connectivity index (χ3n) is 5.25. The molecule has 0 saturated carbocycles. The number of benzene rings is 1. The van der Waals surface area contributed by atoms with Crippen molar-refractivity contribution in [3.05, 3.63) is 29.8 Å². The van der Waals surface area contributed by atoms with Gasteiger partial charge in [0, 0.05) is 31.8 Å². The van der Waals surface area contributed by atoms with Gasteiger partial charge in [-0.25, -0.2) is 4.79 Å². The van der Waals surface area contributed by atoms with Gasteiger partial charge in [0.05, 0.1) is 6.61 Å². The summed E-state index contributed by atoms with van der Waals surface area (Å²) in [6.07, 6.45) is 2.14. The van der Waals surface area contributed by atoms with Gasteiger partial charge in [0.1, 0.15) is 12.4 Å². The highest BCUT2D eigenvalue weighted by atomic mass is 16.8. The zero-order valence-corrected chi connectivity index (χ0v) is 13.5. The Bertz CT molecular complexity index is 651. The van der Waals surface area contributed by atoms with Gasteiger partial charge in [0.2, 0.25) is 5.91 Å². The Morgan fingerprint density at radius 3 is 2.71 bits per heavy atom. The molecule has 2 saturated heterocycles. The van der Waals surface area contributed by atoms with Crippen LogP contribution in [0.5, 0.6) is 5.75 Å². The molecule has 4 rings (SSSR count). The van der Waals surface area contributed by atoms with Crippen LogP contribution < -0.4 is 4.74 Å². The molecule has 128 valence electrons. The van der Waals surface area contributed by atoms with Crippen LogP contribution >= 0.6 is 0 Å². The molecule has 1 amide bonds. The molecule has 0 bridgehead atoms. The number of carbonyl (C=O) groups is 2. The lowest BCUT2D eigenvalue weighted by molar-refractivity contribution is -0.139. The Kier molecular flexibility index (Phi) is 3.82. The van der Waals surface area contributed by atoms with Crippen molar-refractivity contribution < 1.29 is 23.8 Å². The molecule has 3 heterocycles. The Hall–Kier alpha value is -2.24. The van der Waals surface area contributed by atoms with Crippen LogP contribution in [0.15, 0.2) is 24.3 Å². The fourth-order valence-electron chi connectivity index (χ4n) is 3.77. The molecule has 6 nitrogen and oxygen atoms in total. The predicted molar refractivity (Wildman–Crippen MR) is 84.7 cm³/mol. The Labute approximate surface area is 140 Å². The SMILES string of the molecule is O=C1OCC2(CCN(C(=O)[C@H]3CCOc4ccccc4C3)CC2)O1. The molecule has 2 fully saturated rings. The fraction of sp³-hybridized carbons (Fsp3) is 0.556. The van der Waals surface area contributed by atoms with E-state index in [9.17, 15) is 9.59 Å². The number of ether oxygens (including phenoxy) is 3. The molecule has 0 aromatic heterocycles. The summed E-state index contributed by atoms with van der Waals surface area (Å²) in [6.45, 7) is 2.08. The second-order valence-electron chi connectivity index (χ2n) is 6.79. The van der Waals surface area contributed by atoms with E-state index in [2.05, 4.69) is 0 Å². The first-order valence-electron chi connectivity index (χ1n) is 8.50. The van der Waals surface area contributed by atoms with Crippen LogP contribution in [0.1, 0.15) is 24.8 Å². The van der Waals surface area contributed by atoms with Crippen molar-refractivity contribution in [1.82, 2.24) is 4.90 Å². The minimum Gasteiger partial charge on any atom is -0.493 e. The van der Waals surface area contributed by atoms with Crippen molar-refractivity contribution >= 4 is 12.1 Å². The van der Waals surface area contributed by atoms with E-state index in [1.165, 1.54) is 0 Å². The maximum atomic E-state index is 12.9. The van der Waals surface area contributed by atoms with E-state index in [1.807, 2.05) is 29.2 Å². The van der Waals surface area contributed by atoms with Crippen LogP contribution in [0.25, 0.3) is 0 Å². The van der Waals surface area contributed by atoms with E-state index < -0.39 is 11.8 Å². The number of likely N-dealkylation sites (tertiary alicyclic amines) is 1. The summed E-state index contributed by atoms with van der Waals surface area (Å²) in [7, 11) is 0. The van der Waals surface area contributed by atoms with Gasteiger partial charge >= 0.3 is 6.16 Å². The minimum absolute atomic E-state index is 0.0509. The molecule has 6 heteroatoms. The van der Waals surface area contributed by atoms with Crippen LogP contribution in [-0.4, -0.2) is 48.9 Å². The molecule has 0 radical (unpaired) electrons. The van der Waals surface area contributed by atoms with Crippen molar-refractivity contribution in [2.75, 3.05) is 26.3 Å². The van der Waals surface area contributed by atoms with Gasteiger partial charge in [0.15, 0.2) is 5.60 Å². The topological polar surface area (TPSA) is 65.1 Å². The largest absolute Gasteiger partial charge is 0.509 e. The standard InChI is InChI=1S/C18H21NO5/c20-16(14-5-10-22-15-4-2-1-3-13(15)11-14)19-8-6-18(7-9-19)12-23-17(21)24-18/h1-4,14H,5-12H2/t14-/m0/s1. The highest BCUT2D eigenvalue weighted by Gasteiger charge is 2.46. The van der Waals surface area contributed by atoms with Gasteiger partial charge in [-0.3, -0.25) is 4.79 Å². The number of piperidine rings is 1. The molecule has 3 aliphatic heterocycles. The second-order valence-corrected chi connectivity index (χ2v) is 6.79. The average Bonchev–Trinajstić information content (AvgIpc) is 2.83. The van der Waals surface area contributed by atoms with Crippen molar-refractivity contribution in [3.63, 3.8) is 0 Å². The summed E-state index contributed by atoms with van der Waals surface area (Å²) >= 11 is 0. The lowest BCUT2D eigenvalue weighted by Gasteiger charge is -2.37. The predicted octanol–water partition coefficient (Wildman–Crippen LogP) is 2.16. The average molecular weight is 331 g/mol. The highest BCUT2D eigenvalue weighted by molar-refractivity contribution is 5.79. The van der Waals surface area contributed by atoms with E-state index in [1.54, 1.807) is 0 Å². The van der Waals surface area contributed by atoms with E-state index >= 15 is 0 Å². The van der Waals surface area contributed by atoms with Crippen molar-refractivity contribution in [3.8, 4) is 5.75 Å². The van der Waals surface area contributed by atoms with Gasteiger partial charge in [-0.2, -0.15) is 0 Å². The molecule has 1 spiro atoms. The fourth-order valence-corrected chi connectivity index (χ4v) is 3.77. The molecule has 1 aromatic rings. The smallest absolute Gasteiger partial charge is 0.493 e. The number of amides is 1. The number of hydrogen-bond donors (Lipinski definition) is 0. The van der Waals surface area contributed by atoms with Gasteiger partial charge in [-0.05, 0) is 24.5 Å². The molecule has 24 heavy (non-hydrogen) atoms. The number of hydrogen-bond acceptors (Lipinski definition) is 5. The maximum absolute atomic E-state index is 12.9. The van der Waals surface area contributed by atoms with E-state index in [-0.39, 0.29) is 11.8 Å². The van der Waals surface area contributed by atoms with Crippen LogP contribution in [0.4, 0.5) is 4.79 Å². The second kappa shape index (κ2) is 6.00. The Morgan fingerprint density at radius 2 is 1.96 bits per heavy atom. The van der Waals surface area contributed by atoms with Crippen molar-refractivity contribution in [2.45, 2.75) is 31.3 Å². The van der Waals surface area contributed by atoms with Crippen LogP contribution in [0.2, 0.25) is 0 Å². The summed E-state index contributed by atoms with van der Waals surface area (Å²) in [5, 5.41) is 0. The number of rotatable bonds is 1. The van der Waals surface area contributed by atoms with E-state index in [4.69, 9.17) is 14.2 Å².